The van der Waals surface area contributed by atoms with Gasteiger partial charge in [-0.2, -0.15) is 5.10 Å². The molecule has 0 aliphatic carbocycles. The minimum Gasteiger partial charge on any atom is -0.338 e. The van der Waals surface area contributed by atoms with Gasteiger partial charge in [0.05, 0.1) is 6.54 Å². The molecular formula is C13H24N4O. The molecule has 0 aliphatic rings. The van der Waals surface area contributed by atoms with E-state index >= 15 is 0 Å². The molecule has 0 saturated carbocycles. The van der Waals surface area contributed by atoms with Crippen molar-refractivity contribution in [3.8, 4) is 0 Å². The lowest BCUT2D eigenvalue weighted by atomic mass is 9.98. The van der Waals surface area contributed by atoms with Crippen molar-refractivity contribution in [2.24, 2.45) is 5.92 Å². The summed E-state index contributed by atoms with van der Waals surface area (Å²) in [4.78, 5) is 18.2. The first-order chi connectivity index (χ1) is 8.58. The van der Waals surface area contributed by atoms with E-state index in [-0.39, 0.29) is 11.8 Å². The van der Waals surface area contributed by atoms with Crippen molar-refractivity contribution in [1.29, 1.82) is 0 Å². The molecule has 0 fully saturated rings. The number of aromatic amines is 1. The maximum atomic E-state index is 12.3. The highest BCUT2D eigenvalue weighted by Gasteiger charge is 2.20. The molecule has 1 aromatic heterocycles. The van der Waals surface area contributed by atoms with E-state index in [0.29, 0.717) is 12.4 Å². The van der Waals surface area contributed by atoms with Gasteiger partial charge in [-0.3, -0.25) is 9.89 Å². The van der Waals surface area contributed by atoms with Crippen LogP contribution in [0.5, 0.6) is 0 Å². The Morgan fingerprint density at radius 2 is 2.17 bits per heavy atom. The zero-order valence-corrected chi connectivity index (χ0v) is 11.9. The number of rotatable bonds is 7. The number of hydrogen-bond donors (Lipinski definition) is 1. The van der Waals surface area contributed by atoms with E-state index in [0.717, 1.165) is 31.5 Å². The van der Waals surface area contributed by atoms with Crippen LogP contribution in [0.25, 0.3) is 0 Å². The van der Waals surface area contributed by atoms with Gasteiger partial charge in [-0.25, -0.2) is 4.98 Å². The Labute approximate surface area is 109 Å². The standard InChI is InChI=1S/C13H24N4O/c1-5-7-8-11(6-2)13(18)17(4)9-12-14-10(3)15-16-12/h11H,5-9H2,1-4H3,(H,14,15,16). The zero-order valence-electron chi connectivity index (χ0n) is 11.9. The Bertz CT molecular complexity index is 375. The summed E-state index contributed by atoms with van der Waals surface area (Å²) in [5, 5.41) is 6.85. The first-order valence-corrected chi connectivity index (χ1v) is 6.71. The number of carbonyl (C=O) groups excluding carboxylic acids is 1. The maximum Gasteiger partial charge on any atom is 0.225 e. The van der Waals surface area contributed by atoms with Gasteiger partial charge in [0.15, 0.2) is 5.82 Å². The third-order valence-corrected chi connectivity index (χ3v) is 3.15. The molecule has 0 aliphatic heterocycles. The summed E-state index contributed by atoms with van der Waals surface area (Å²) in [7, 11) is 1.82. The Kier molecular flexibility index (Phi) is 5.82. The van der Waals surface area contributed by atoms with Gasteiger partial charge in [-0.15, -0.1) is 0 Å². The van der Waals surface area contributed by atoms with Crippen molar-refractivity contribution in [2.45, 2.75) is 53.0 Å². The van der Waals surface area contributed by atoms with Crippen molar-refractivity contribution < 1.29 is 4.79 Å². The Balaban J connectivity index is 2.53. The molecule has 1 rings (SSSR count). The van der Waals surface area contributed by atoms with Gasteiger partial charge < -0.3 is 4.90 Å². The normalized spacial score (nSPS) is 12.4. The van der Waals surface area contributed by atoms with Gasteiger partial charge in [0.25, 0.3) is 0 Å². The number of H-pyrrole nitrogens is 1. The van der Waals surface area contributed by atoms with Gasteiger partial charge >= 0.3 is 0 Å². The molecule has 1 amide bonds. The van der Waals surface area contributed by atoms with E-state index in [1.807, 2.05) is 14.0 Å². The second-order valence-electron chi connectivity index (χ2n) is 4.78. The highest BCUT2D eigenvalue weighted by atomic mass is 16.2. The van der Waals surface area contributed by atoms with Crippen molar-refractivity contribution in [3.05, 3.63) is 11.6 Å². The number of aryl methyl sites for hydroxylation is 1. The molecule has 1 heterocycles. The highest BCUT2D eigenvalue weighted by molar-refractivity contribution is 5.78. The molecule has 0 aromatic carbocycles. The number of carbonyl (C=O) groups is 1. The van der Waals surface area contributed by atoms with Crippen LogP contribution in [0.1, 0.15) is 51.2 Å². The van der Waals surface area contributed by atoms with E-state index in [1.165, 1.54) is 0 Å². The highest BCUT2D eigenvalue weighted by Crippen LogP contribution is 2.16. The average molecular weight is 252 g/mol. The Morgan fingerprint density at radius 3 is 2.67 bits per heavy atom. The number of amides is 1. The SMILES string of the molecule is CCCCC(CC)C(=O)N(C)Cc1n[nH]c(C)n1. The minimum atomic E-state index is 0.134. The third kappa shape index (κ3) is 4.13. The quantitative estimate of drug-likeness (QED) is 0.810. The predicted molar refractivity (Wildman–Crippen MR) is 70.9 cm³/mol. The van der Waals surface area contributed by atoms with E-state index in [9.17, 15) is 4.79 Å². The lowest BCUT2D eigenvalue weighted by Gasteiger charge is -2.21. The van der Waals surface area contributed by atoms with Crippen LogP contribution in [0.4, 0.5) is 0 Å². The molecule has 1 N–H and O–H groups in total. The monoisotopic (exact) mass is 252 g/mol. The zero-order chi connectivity index (χ0) is 13.5. The van der Waals surface area contributed by atoms with Crippen LogP contribution < -0.4 is 0 Å². The minimum absolute atomic E-state index is 0.134. The fraction of sp³-hybridized carbons (Fsp3) is 0.769. The first kappa shape index (κ1) is 14.7. The fourth-order valence-corrected chi connectivity index (χ4v) is 2.01. The van der Waals surface area contributed by atoms with Gasteiger partial charge in [0.1, 0.15) is 5.82 Å². The number of aromatic nitrogens is 3. The van der Waals surface area contributed by atoms with E-state index < -0.39 is 0 Å². The third-order valence-electron chi connectivity index (χ3n) is 3.15. The second kappa shape index (κ2) is 7.13. The number of unbranched alkanes of at least 4 members (excludes halogenated alkanes) is 1. The molecule has 0 bridgehead atoms. The van der Waals surface area contributed by atoms with Crippen LogP contribution in [0.3, 0.4) is 0 Å². The van der Waals surface area contributed by atoms with Crippen molar-refractivity contribution in [3.63, 3.8) is 0 Å². The lowest BCUT2D eigenvalue weighted by molar-refractivity contribution is -0.135. The molecule has 1 unspecified atom stereocenters. The molecule has 18 heavy (non-hydrogen) atoms. The van der Waals surface area contributed by atoms with Gasteiger partial charge in [0, 0.05) is 13.0 Å². The fourth-order valence-electron chi connectivity index (χ4n) is 2.01. The van der Waals surface area contributed by atoms with Crippen LogP contribution in [-0.4, -0.2) is 33.0 Å². The smallest absolute Gasteiger partial charge is 0.225 e. The van der Waals surface area contributed by atoms with Crippen molar-refractivity contribution >= 4 is 5.91 Å². The Morgan fingerprint density at radius 1 is 1.44 bits per heavy atom. The number of hydrogen-bond acceptors (Lipinski definition) is 3. The number of nitrogens with zero attached hydrogens (tertiary/aromatic N) is 3. The van der Waals surface area contributed by atoms with Crippen LogP contribution in [0.15, 0.2) is 0 Å². The van der Waals surface area contributed by atoms with Crippen LogP contribution >= 0.6 is 0 Å². The largest absolute Gasteiger partial charge is 0.338 e. The van der Waals surface area contributed by atoms with Crippen LogP contribution in [0, 0.1) is 12.8 Å². The number of nitrogens with one attached hydrogen (secondary N) is 1. The topological polar surface area (TPSA) is 61.9 Å². The van der Waals surface area contributed by atoms with Gasteiger partial charge in [0.2, 0.25) is 5.91 Å². The molecular weight excluding hydrogens is 228 g/mol. The maximum absolute atomic E-state index is 12.3. The molecule has 1 aromatic rings. The van der Waals surface area contributed by atoms with E-state index in [4.69, 9.17) is 0 Å². The molecule has 5 nitrogen and oxygen atoms in total. The summed E-state index contributed by atoms with van der Waals surface area (Å²) < 4.78 is 0. The van der Waals surface area contributed by atoms with E-state index in [2.05, 4.69) is 29.0 Å². The molecule has 0 spiro atoms. The van der Waals surface area contributed by atoms with Gasteiger partial charge in [-0.1, -0.05) is 26.7 Å². The average Bonchev–Trinajstić information content (AvgIpc) is 2.75. The molecule has 102 valence electrons. The molecule has 0 saturated heterocycles. The summed E-state index contributed by atoms with van der Waals surface area (Å²) in [6, 6.07) is 0. The molecule has 5 heteroatoms. The molecule has 0 radical (unpaired) electrons. The van der Waals surface area contributed by atoms with Crippen LogP contribution in [0.2, 0.25) is 0 Å². The van der Waals surface area contributed by atoms with Gasteiger partial charge in [-0.05, 0) is 19.8 Å². The summed E-state index contributed by atoms with van der Waals surface area (Å²) in [6.45, 7) is 6.56. The van der Waals surface area contributed by atoms with Crippen molar-refractivity contribution in [2.75, 3.05) is 7.05 Å². The van der Waals surface area contributed by atoms with E-state index in [1.54, 1.807) is 4.90 Å². The summed E-state index contributed by atoms with van der Waals surface area (Å²) in [5.41, 5.74) is 0. The van der Waals surface area contributed by atoms with Crippen LogP contribution in [-0.2, 0) is 11.3 Å². The predicted octanol–water partition coefficient (Wildman–Crippen LogP) is 2.29. The molecule has 1 atom stereocenters. The first-order valence-electron chi connectivity index (χ1n) is 6.71. The summed E-state index contributed by atoms with van der Waals surface area (Å²) in [5.74, 6) is 1.79. The summed E-state index contributed by atoms with van der Waals surface area (Å²) >= 11 is 0. The summed E-state index contributed by atoms with van der Waals surface area (Å²) in [6.07, 6.45) is 4.12. The Hall–Kier alpha value is -1.39. The second-order valence-corrected chi connectivity index (χ2v) is 4.78. The van der Waals surface area contributed by atoms with Crippen molar-refractivity contribution in [1.82, 2.24) is 20.1 Å². The lowest BCUT2D eigenvalue weighted by Crippen LogP contribution is -2.32.